The van der Waals surface area contributed by atoms with Crippen molar-refractivity contribution in [1.82, 2.24) is 5.32 Å². The van der Waals surface area contributed by atoms with Crippen molar-refractivity contribution >= 4 is 23.0 Å². The number of hydrogen-bond acceptors (Lipinski definition) is 2. The Bertz CT molecular complexity index is 2450. The lowest BCUT2D eigenvalue weighted by molar-refractivity contribution is 0.662. The van der Waals surface area contributed by atoms with E-state index in [0.29, 0.717) is 12.4 Å². The van der Waals surface area contributed by atoms with E-state index in [9.17, 15) is 0 Å². The third-order valence-corrected chi connectivity index (χ3v) is 10.1. The van der Waals surface area contributed by atoms with Gasteiger partial charge in [-0.2, -0.15) is 0 Å². The molecule has 0 unspecified atom stereocenters. The third kappa shape index (κ3) is 6.80. The van der Waals surface area contributed by atoms with Crippen LogP contribution >= 0.6 is 0 Å². The van der Waals surface area contributed by atoms with E-state index in [1.807, 2.05) is 43.4 Å². The zero-order valence-electron chi connectivity index (χ0n) is 30.3. The molecule has 0 bridgehead atoms. The fraction of sp³-hybridized carbons (Fsp3) is 0.102. The number of aliphatic imine (C=N–C) groups is 2. The molecule has 8 rings (SSSR count). The van der Waals surface area contributed by atoms with Gasteiger partial charge >= 0.3 is 0 Å². The van der Waals surface area contributed by atoms with Crippen molar-refractivity contribution in [1.29, 1.82) is 0 Å². The van der Waals surface area contributed by atoms with E-state index in [0.717, 1.165) is 39.5 Å². The van der Waals surface area contributed by atoms with Crippen molar-refractivity contribution in [3.63, 3.8) is 0 Å². The Labute approximate surface area is 312 Å². The number of amidine groups is 2. The summed E-state index contributed by atoms with van der Waals surface area (Å²) in [6.45, 7) is 5.23. The molecule has 0 aromatic heterocycles. The molecule has 258 valence electrons. The van der Waals surface area contributed by atoms with Crippen LogP contribution in [-0.2, 0) is 12.0 Å². The Hall–Kier alpha value is -6.52. The van der Waals surface area contributed by atoms with Gasteiger partial charge in [0.1, 0.15) is 5.84 Å². The first-order chi connectivity index (χ1) is 26.0. The summed E-state index contributed by atoms with van der Waals surface area (Å²) in [5.74, 6) is 1.42. The van der Waals surface area contributed by atoms with Gasteiger partial charge < -0.3 is 10.6 Å². The second-order valence-electron chi connectivity index (χ2n) is 13.9. The molecule has 4 nitrogen and oxygen atoms in total. The quantitative estimate of drug-likeness (QED) is 0.123. The van der Waals surface area contributed by atoms with E-state index in [2.05, 4.69) is 164 Å². The van der Waals surface area contributed by atoms with Crippen LogP contribution in [0, 0.1) is 0 Å². The van der Waals surface area contributed by atoms with Crippen LogP contribution in [0.15, 0.2) is 186 Å². The van der Waals surface area contributed by atoms with E-state index >= 15 is 0 Å². The first kappa shape index (κ1) is 33.6. The van der Waals surface area contributed by atoms with Crippen LogP contribution in [0.25, 0.3) is 33.4 Å². The van der Waals surface area contributed by atoms with Crippen LogP contribution in [0.2, 0.25) is 0 Å². The first-order valence-corrected chi connectivity index (χ1v) is 18.2. The molecule has 0 atom stereocenters. The molecular formula is C49H42N4. The smallest absolute Gasteiger partial charge is 0.157 e. The lowest BCUT2D eigenvalue weighted by Crippen LogP contribution is -2.22. The third-order valence-electron chi connectivity index (χ3n) is 10.1. The predicted molar refractivity (Wildman–Crippen MR) is 223 cm³/mol. The largest absolute Gasteiger partial charge is 0.373 e. The summed E-state index contributed by atoms with van der Waals surface area (Å²) in [7, 11) is 1.92. The molecule has 0 fully saturated rings. The van der Waals surface area contributed by atoms with Gasteiger partial charge in [-0.15, -0.1) is 0 Å². The van der Waals surface area contributed by atoms with Crippen LogP contribution in [0.5, 0.6) is 0 Å². The van der Waals surface area contributed by atoms with Crippen LogP contribution in [0.4, 0.5) is 11.4 Å². The van der Waals surface area contributed by atoms with Gasteiger partial charge in [-0.05, 0) is 62.7 Å². The predicted octanol–water partition coefficient (Wildman–Crippen LogP) is 11.7. The standard InChI is InChI=1S/C49H42N4/c1-49(2)44-28-14-13-27-42(44)43-30-29-41(38-24-15-23-37(31-38)35-19-9-5-10-20-35)46(45(43)49)52-40-26-16-25-39(32-40)47(50-3)53-48(36-21-11-6-12-22-36)51-33-34-17-7-4-8-18-34/h4-32,52H,33H2,1-3H3,(H,50,51,53). The number of benzene rings is 7. The topological polar surface area (TPSA) is 48.8 Å². The van der Waals surface area contributed by atoms with Gasteiger partial charge in [-0.25, -0.2) is 4.99 Å². The average molecular weight is 687 g/mol. The van der Waals surface area contributed by atoms with Gasteiger partial charge in [-0.1, -0.05) is 172 Å². The van der Waals surface area contributed by atoms with Crippen molar-refractivity contribution in [2.75, 3.05) is 12.4 Å². The molecule has 0 amide bonds. The van der Waals surface area contributed by atoms with Gasteiger partial charge in [0.05, 0.1) is 12.2 Å². The van der Waals surface area contributed by atoms with Crippen LogP contribution in [0.3, 0.4) is 0 Å². The van der Waals surface area contributed by atoms with Crippen molar-refractivity contribution < 1.29 is 0 Å². The minimum atomic E-state index is -0.212. The van der Waals surface area contributed by atoms with Gasteiger partial charge in [0.25, 0.3) is 0 Å². The molecule has 4 heteroatoms. The summed E-state index contributed by atoms with van der Waals surface area (Å²) in [6.07, 6.45) is 0. The number of hydrogen-bond donors (Lipinski definition) is 2. The molecule has 0 radical (unpaired) electrons. The Morgan fingerprint density at radius 1 is 0.547 bits per heavy atom. The van der Waals surface area contributed by atoms with Crippen molar-refractivity contribution in [3.8, 4) is 33.4 Å². The van der Waals surface area contributed by atoms with Gasteiger partial charge in [-0.3, -0.25) is 4.99 Å². The Morgan fingerprint density at radius 3 is 1.94 bits per heavy atom. The van der Waals surface area contributed by atoms with Gasteiger partial charge in [0, 0.05) is 34.8 Å². The zero-order valence-corrected chi connectivity index (χ0v) is 30.3. The molecule has 0 saturated carbocycles. The monoisotopic (exact) mass is 686 g/mol. The Balaban J connectivity index is 1.22. The Kier molecular flexibility index (Phi) is 9.27. The van der Waals surface area contributed by atoms with E-state index < -0.39 is 0 Å². The summed E-state index contributed by atoms with van der Waals surface area (Å²) >= 11 is 0. The Morgan fingerprint density at radius 2 is 1.17 bits per heavy atom. The fourth-order valence-electron chi connectivity index (χ4n) is 7.53. The lowest BCUT2D eigenvalue weighted by Gasteiger charge is -2.27. The zero-order chi connectivity index (χ0) is 36.2. The summed E-state index contributed by atoms with van der Waals surface area (Å²) in [6, 6.07) is 61.9. The SMILES string of the molecule is CNC(=NC(=NCc1ccccc1)c1ccccc1)c1cccc(Nc2c(-c3cccc(-c4ccccc4)c3)ccc3c2C(C)(C)c2ccccc2-3)c1. The van der Waals surface area contributed by atoms with Crippen molar-refractivity contribution in [3.05, 3.63) is 204 Å². The minimum absolute atomic E-state index is 0.212. The minimum Gasteiger partial charge on any atom is -0.373 e. The summed E-state index contributed by atoms with van der Waals surface area (Å²) < 4.78 is 0. The van der Waals surface area contributed by atoms with Crippen molar-refractivity contribution in [2.45, 2.75) is 25.8 Å². The number of nitrogens with zero attached hydrogens (tertiary/aromatic N) is 2. The highest BCUT2D eigenvalue weighted by atomic mass is 15.0. The second-order valence-corrected chi connectivity index (χ2v) is 13.9. The average Bonchev–Trinajstić information content (AvgIpc) is 3.45. The summed E-state index contributed by atoms with van der Waals surface area (Å²) in [5, 5.41) is 7.33. The maximum absolute atomic E-state index is 5.14. The number of fused-ring (bicyclic) bond motifs is 3. The molecular weight excluding hydrogens is 645 g/mol. The molecule has 7 aromatic carbocycles. The molecule has 0 spiro atoms. The maximum atomic E-state index is 5.14. The molecule has 0 aliphatic heterocycles. The van der Waals surface area contributed by atoms with Crippen molar-refractivity contribution in [2.24, 2.45) is 9.98 Å². The molecule has 7 aromatic rings. The fourth-order valence-corrected chi connectivity index (χ4v) is 7.53. The van der Waals surface area contributed by atoms with Crippen LogP contribution < -0.4 is 10.6 Å². The highest BCUT2D eigenvalue weighted by molar-refractivity contribution is 6.11. The number of nitrogens with one attached hydrogen (secondary N) is 2. The van der Waals surface area contributed by atoms with Gasteiger partial charge in [0.2, 0.25) is 0 Å². The molecule has 1 aliphatic rings. The van der Waals surface area contributed by atoms with E-state index in [1.165, 1.54) is 38.9 Å². The normalized spacial score (nSPS) is 13.3. The molecule has 0 saturated heterocycles. The maximum Gasteiger partial charge on any atom is 0.157 e. The molecule has 53 heavy (non-hydrogen) atoms. The summed E-state index contributed by atoms with van der Waals surface area (Å²) in [5.41, 5.74) is 14.9. The molecule has 1 aliphatic carbocycles. The number of rotatable bonds is 8. The lowest BCUT2D eigenvalue weighted by atomic mass is 9.80. The first-order valence-electron chi connectivity index (χ1n) is 18.2. The van der Waals surface area contributed by atoms with Crippen LogP contribution in [0.1, 0.15) is 41.7 Å². The second kappa shape index (κ2) is 14.6. The van der Waals surface area contributed by atoms with E-state index in [4.69, 9.17) is 9.98 Å². The van der Waals surface area contributed by atoms with Crippen LogP contribution in [-0.4, -0.2) is 18.7 Å². The van der Waals surface area contributed by atoms with E-state index in [1.54, 1.807) is 0 Å². The van der Waals surface area contributed by atoms with E-state index in [-0.39, 0.29) is 5.41 Å². The highest BCUT2D eigenvalue weighted by Crippen LogP contribution is 2.54. The summed E-state index contributed by atoms with van der Waals surface area (Å²) in [4.78, 5) is 10.1. The molecule has 0 heterocycles. The number of anilines is 2. The van der Waals surface area contributed by atoms with Gasteiger partial charge in [0.15, 0.2) is 5.84 Å². The molecule has 2 N–H and O–H groups in total. The highest BCUT2D eigenvalue weighted by Gasteiger charge is 2.38.